The van der Waals surface area contributed by atoms with Crippen molar-refractivity contribution in [1.82, 2.24) is 10.9 Å². The fourth-order valence-electron chi connectivity index (χ4n) is 2.15. The van der Waals surface area contributed by atoms with Gasteiger partial charge in [0.25, 0.3) is 11.8 Å². The van der Waals surface area contributed by atoms with Gasteiger partial charge in [0.15, 0.2) is 11.5 Å². The minimum absolute atomic E-state index is 0.227. The van der Waals surface area contributed by atoms with Crippen LogP contribution in [0.25, 0.3) is 6.08 Å². The third kappa shape index (κ3) is 4.56. The van der Waals surface area contributed by atoms with Gasteiger partial charge in [-0.25, -0.2) is 0 Å². The van der Waals surface area contributed by atoms with Gasteiger partial charge >= 0.3 is 0 Å². The first-order valence-electron chi connectivity index (χ1n) is 7.63. The Hall–Kier alpha value is -3.42. The maximum absolute atomic E-state index is 12.2. The fraction of sp³-hybridized carbons (Fsp3) is 0.222. The highest BCUT2D eigenvalue weighted by Crippen LogP contribution is 2.38. The van der Waals surface area contributed by atoms with Crippen molar-refractivity contribution in [3.63, 3.8) is 0 Å². The average molecular weight is 360 g/mol. The van der Waals surface area contributed by atoms with Crippen LogP contribution in [0.2, 0.25) is 0 Å². The van der Waals surface area contributed by atoms with E-state index in [0.29, 0.717) is 23.0 Å². The van der Waals surface area contributed by atoms with Crippen molar-refractivity contribution in [2.75, 3.05) is 21.3 Å². The molecule has 0 aliphatic rings. The number of carbonyl (C=O) groups excluding carboxylic acids is 2. The van der Waals surface area contributed by atoms with Crippen LogP contribution in [0.4, 0.5) is 0 Å². The molecule has 1 heterocycles. The van der Waals surface area contributed by atoms with E-state index in [1.807, 2.05) is 0 Å². The quantitative estimate of drug-likeness (QED) is 0.604. The first-order valence-corrected chi connectivity index (χ1v) is 7.63. The number of hydrogen-bond acceptors (Lipinski definition) is 6. The minimum Gasteiger partial charge on any atom is -0.493 e. The summed E-state index contributed by atoms with van der Waals surface area (Å²) in [6.07, 6.45) is 2.74. The summed E-state index contributed by atoms with van der Waals surface area (Å²) in [4.78, 5) is 24.0. The predicted octanol–water partition coefficient (Wildman–Crippen LogP) is 2.09. The Labute approximate surface area is 150 Å². The van der Waals surface area contributed by atoms with E-state index in [4.69, 9.17) is 18.6 Å². The van der Waals surface area contributed by atoms with Gasteiger partial charge in [-0.05, 0) is 37.3 Å². The molecule has 0 aliphatic heterocycles. The fourth-order valence-corrected chi connectivity index (χ4v) is 2.15. The van der Waals surface area contributed by atoms with E-state index in [2.05, 4.69) is 10.9 Å². The molecular formula is C18H20N2O6. The van der Waals surface area contributed by atoms with Gasteiger partial charge in [-0.1, -0.05) is 0 Å². The van der Waals surface area contributed by atoms with E-state index < -0.39 is 11.8 Å². The van der Waals surface area contributed by atoms with Crippen LogP contribution in [0.5, 0.6) is 17.2 Å². The van der Waals surface area contributed by atoms with E-state index in [9.17, 15) is 9.59 Å². The third-order valence-corrected chi connectivity index (χ3v) is 3.39. The number of aryl methyl sites for hydroxylation is 1. The number of carbonyl (C=O) groups is 2. The van der Waals surface area contributed by atoms with Crippen molar-refractivity contribution in [1.29, 1.82) is 0 Å². The summed E-state index contributed by atoms with van der Waals surface area (Å²) in [6.45, 7) is 1.80. The molecule has 0 spiro atoms. The molecule has 0 radical (unpaired) electrons. The Morgan fingerprint density at radius 2 is 1.65 bits per heavy atom. The molecule has 0 saturated heterocycles. The van der Waals surface area contributed by atoms with Crippen LogP contribution >= 0.6 is 0 Å². The van der Waals surface area contributed by atoms with Crippen LogP contribution in [0.1, 0.15) is 21.9 Å². The van der Waals surface area contributed by atoms with Gasteiger partial charge < -0.3 is 18.6 Å². The first kappa shape index (κ1) is 18.9. The van der Waals surface area contributed by atoms with Crippen molar-refractivity contribution >= 4 is 17.9 Å². The second kappa shape index (κ2) is 8.61. The summed E-state index contributed by atoms with van der Waals surface area (Å²) in [7, 11) is 4.36. The molecule has 26 heavy (non-hydrogen) atoms. The van der Waals surface area contributed by atoms with Crippen LogP contribution in [0.15, 0.2) is 34.8 Å². The molecule has 0 bridgehead atoms. The summed E-state index contributed by atoms with van der Waals surface area (Å²) in [6, 6.07) is 6.46. The lowest BCUT2D eigenvalue weighted by Gasteiger charge is -2.14. The number of hydrazine groups is 1. The molecule has 2 rings (SSSR count). The van der Waals surface area contributed by atoms with E-state index in [0.717, 1.165) is 5.76 Å². The zero-order valence-corrected chi connectivity index (χ0v) is 14.9. The lowest BCUT2D eigenvalue weighted by atomic mass is 10.1. The van der Waals surface area contributed by atoms with Gasteiger partial charge in [-0.3, -0.25) is 20.4 Å². The maximum Gasteiger partial charge on any atom is 0.269 e. The molecule has 0 atom stereocenters. The summed E-state index contributed by atoms with van der Waals surface area (Å²) < 4.78 is 20.9. The zero-order valence-electron chi connectivity index (χ0n) is 14.9. The van der Waals surface area contributed by atoms with Gasteiger partial charge in [0, 0.05) is 11.6 Å². The van der Waals surface area contributed by atoms with E-state index >= 15 is 0 Å². The highest BCUT2D eigenvalue weighted by atomic mass is 16.5. The van der Waals surface area contributed by atoms with Gasteiger partial charge in [0.05, 0.1) is 21.3 Å². The highest BCUT2D eigenvalue weighted by molar-refractivity contribution is 5.98. The molecule has 0 fully saturated rings. The standard InChI is InChI=1S/C18H20N2O6/c1-11-5-6-13(26-11)7-8-16(21)19-20-18(22)12-9-14(23-2)17(25-4)15(10-12)24-3/h5-10H,1-4H3,(H,19,21)(H,20,22). The van der Waals surface area contributed by atoms with Crippen molar-refractivity contribution in [2.24, 2.45) is 0 Å². The van der Waals surface area contributed by atoms with Gasteiger partial charge in [0.2, 0.25) is 5.75 Å². The SMILES string of the molecule is COc1cc(C(=O)NNC(=O)C=Cc2ccc(C)o2)cc(OC)c1OC. The average Bonchev–Trinajstić information content (AvgIpc) is 3.08. The Morgan fingerprint density at radius 1 is 1.00 bits per heavy atom. The molecule has 0 saturated carbocycles. The minimum atomic E-state index is -0.542. The van der Waals surface area contributed by atoms with Crippen molar-refractivity contribution in [3.05, 3.63) is 47.4 Å². The smallest absolute Gasteiger partial charge is 0.269 e. The van der Waals surface area contributed by atoms with Gasteiger partial charge in [-0.15, -0.1) is 0 Å². The van der Waals surface area contributed by atoms with Crippen LogP contribution < -0.4 is 25.1 Å². The number of amides is 2. The number of nitrogens with one attached hydrogen (secondary N) is 2. The number of benzene rings is 1. The van der Waals surface area contributed by atoms with Gasteiger partial charge in [-0.2, -0.15) is 0 Å². The Kier molecular flexibility index (Phi) is 6.26. The number of hydrogen-bond donors (Lipinski definition) is 2. The van der Waals surface area contributed by atoms with Crippen LogP contribution in [0.3, 0.4) is 0 Å². The number of rotatable bonds is 6. The third-order valence-electron chi connectivity index (χ3n) is 3.39. The summed E-state index contributed by atoms with van der Waals surface area (Å²) >= 11 is 0. The summed E-state index contributed by atoms with van der Waals surface area (Å²) in [5.41, 5.74) is 4.82. The normalized spacial score (nSPS) is 10.5. The summed E-state index contributed by atoms with van der Waals surface area (Å²) in [5, 5.41) is 0. The molecule has 0 aliphatic carbocycles. The second-order valence-corrected chi connectivity index (χ2v) is 5.14. The largest absolute Gasteiger partial charge is 0.493 e. The Balaban J connectivity index is 2.03. The topological polar surface area (TPSA) is 99.0 Å². The van der Waals surface area contributed by atoms with E-state index in [1.165, 1.54) is 45.6 Å². The molecule has 2 aromatic rings. The summed E-state index contributed by atoms with van der Waals surface area (Å²) in [5.74, 6) is 1.24. The predicted molar refractivity (Wildman–Crippen MR) is 94.2 cm³/mol. The molecule has 1 aromatic carbocycles. The Bertz CT molecular complexity index is 800. The molecule has 138 valence electrons. The van der Waals surface area contributed by atoms with E-state index in [-0.39, 0.29) is 5.56 Å². The molecule has 0 unspecified atom stereocenters. The molecule has 2 amide bonds. The number of methoxy groups -OCH3 is 3. The monoisotopic (exact) mass is 360 g/mol. The van der Waals surface area contributed by atoms with Gasteiger partial charge in [0.1, 0.15) is 11.5 Å². The highest BCUT2D eigenvalue weighted by Gasteiger charge is 2.17. The molecule has 2 N–H and O–H groups in total. The molecule has 8 nitrogen and oxygen atoms in total. The second-order valence-electron chi connectivity index (χ2n) is 5.14. The van der Waals surface area contributed by atoms with Crippen molar-refractivity contribution < 1.29 is 28.2 Å². The number of furan rings is 1. The van der Waals surface area contributed by atoms with E-state index in [1.54, 1.807) is 19.1 Å². The molecular weight excluding hydrogens is 340 g/mol. The maximum atomic E-state index is 12.2. The Morgan fingerprint density at radius 3 is 2.15 bits per heavy atom. The van der Waals surface area contributed by atoms with Crippen molar-refractivity contribution in [3.8, 4) is 17.2 Å². The number of ether oxygens (including phenoxy) is 3. The first-order chi connectivity index (χ1) is 12.5. The zero-order chi connectivity index (χ0) is 19.1. The lowest BCUT2D eigenvalue weighted by Crippen LogP contribution is -2.40. The van der Waals surface area contributed by atoms with Crippen LogP contribution in [-0.2, 0) is 4.79 Å². The van der Waals surface area contributed by atoms with Crippen LogP contribution in [0, 0.1) is 6.92 Å². The molecule has 1 aromatic heterocycles. The van der Waals surface area contributed by atoms with Crippen LogP contribution in [-0.4, -0.2) is 33.1 Å². The molecule has 8 heteroatoms. The van der Waals surface area contributed by atoms with Crippen molar-refractivity contribution in [2.45, 2.75) is 6.92 Å². The lowest BCUT2D eigenvalue weighted by molar-refractivity contribution is -0.117.